The molecule has 0 amide bonds. The van der Waals surface area contributed by atoms with Crippen molar-refractivity contribution in [2.24, 2.45) is 0 Å². The van der Waals surface area contributed by atoms with Crippen LogP contribution in [0.2, 0.25) is 0 Å². The normalized spacial score (nSPS) is 10.1. The quantitative estimate of drug-likeness (QED) is 0.844. The topological polar surface area (TPSA) is 54.4 Å². The lowest BCUT2D eigenvalue weighted by atomic mass is 10.0. The van der Waals surface area contributed by atoms with Crippen LogP contribution < -0.4 is 0 Å². The average Bonchev–Trinajstić information content (AvgIpc) is 2.38. The third-order valence-corrected chi connectivity index (χ3v) is 2.46. The van der Waals surface area contributed by atoms with Crippen molar-refractivity contribution in [1.29, 1.82) is 0 Å². The van der Waals surface area contributed by atoms with Crippen molar-refractivity contribution in [3.63, 3.8) is 0 Å². The van der Waals surface area contributed by atoms with E-state index in [0.29, 0.717) is 0 Å². The number of carbonyl (C=O) groups excluding carboxylic acids is 1. The van der Waals surface area contributed by atoms with Crippen LogP contribution in [-0.4, -0.2) is 16.9 Å². The number of halogens is 1. The maximum absolute atomic E-state index is 13.0. The molecule has 0 saturated carbocycles. The number of hydrogen-bond acceptors (Lipinski definition) is 2. The lowest BCUT2D eigenvalue weighted by Crippen LogP contribution is -2.04. The minimum Gasteiger partial charge on any atom is -0.478 e. The average molecular weight is 244 g/mol. The summed E-state index contributed by atoms with van der Waals surface area (Å²) in [7, 11) is 0. The van der Waals surface area contributed by atoms with Gasteiger partial charge in [0.1, 0.15) is 5.82 Å². The molecule has 0 aromatic heterocycles. The van der Waals surface area contributed by atoms with Gasteiger partial charge in [-0.15, -0.1) is 0 Å². The van der Waals surface area contributed by atoms with Crippen LogP contribution in [0.4, 0.5) is 4.39 Å². The van der Waals surface area contributed by atoms with Crippen molar-refractivity contribution in [3.05, 3.63) is 71.0 Å². The van der Waals surface area contributed by atoms with Gasteiger partial charge in [-0.1, -0.05) is 24.3 Å². The molecule has 0 spiro atoms. The molecular formula is C14H9FO3. The van der Waals surface area contributed by atoms with Crippen molar-refractivity contribution < 1.29 is 19.1 Å². The zero-order valence-corrected chi connectivity index (χ0v) is 9.26. The summed E-state index contributed by atoms with van der Waals surface area (Å²) in [6.07, 6.45) is 0. The number of rotatable bonds is 3. The smallest absolute Gasteiger partial charge is 0.335 e. The molecule has 0 unspecified atom stereocenters. The van der Waals surface area contributed by atoms with E-state index < -0.39 is 17.6 Å². The first-order valence-corrected chi connectivity index (χ1v) is 5.21. The summed E-state index contributed by atoms with van der Waals surface area (Å²) in [4.78, 5) is 22.8. The first-order chi connectivity index (χ1) is 8.58. The van der Waals surface area contributed by atoms with Gasteiger partial charge in [0.05, 0.1) is 5.56 Å². The highest BCUT2D eigenvalue weighted by Gasteiger charge is 2.12. The standard InChI is InChI=1S/C14H9FO3/c15-12-6-2-4-10(8-12)13(16)9-3-1-5-11(7-9)14(17)18/h1-8H,(H,17,18). The Morgan fingerprint density at radius 2 is 1.44 bits per heavy atom. The second-order valence-corrected chi connectivity index (χ2v) is 3.73. The molecule has 2 aromatic carbocycles. The van der Waals surface area contributed by atoms with Gasteiger partial charge in [-0.25, -0.2) is 9.18 Å². The molecule has 0 aliphatic carbocycles. The van der Waals surface area contributed by atoms with E-state index in [4.69, 9.17) is 5.11 Å². The molecule has 0 saturated heterocycles. The van der Waals surface area contributed by atoms with E-state index in [1.54, 1.807) is 0 Å². The van der Waals surface area contributed by atoms with Crippen LogP contribution in [0, 0.1) is 5.82 Å². The van der Waals surface area contributed by atoms with E-state index >= 15 is 0 Å². The van der Waals surface area contributed by atoms with Crippen molar-refractivity contribution >= 4 is 11.8 Å². The SMILES string of the molecule is O=C(O)c1cccc(C(=O)c2cccc(F)c2)c1. The number of ketones is 1. The molecule has 0 atom stereocenters. The number of carboxylic acid groups (broad SMARTS) is 1. The van der Waals surface area contributed by atoms with Crippen LogP contribution in [-0.2, 0) is 0 Å². The predicted molar refractivity (Wildman–Crippen MR) is 63.2 cm³/mol. The molecular weight excluding hydrogens is 235 g/mol. The highest BCUT2D eigenvalue weighted by molar-refractivity contribution is 6.09. The Hall–Kier alpha value is -2.49. The highest BCUT2D eigenvalue weighted by Crippen LogP contribution is 2.13. The fourth-order valence-electron chi connectivity index (χ4n) is 1.59. The summed E-state index contributed by atoms with van der Waals surface area (Å²) in [5.74, 6) is -2.02. The first-order valence-electron chi connectivity index (χ1n) is 5.21. The molecule has 0 fully saturated rings. The lowest BCUT2D eigenvalue weighted by Gasteiger charge is -2.02. The van der Waals surface area contributed by atoms with Crippen molar-refractivity contribution in [3.8, 4) is 0 Å². The Balaban J connectivity index is 2.40. The molecule has 0 bridgehead atoms. The molecule has 4 heteroatoms. The summed E-state index contributed by atoms with van der Waals surface area (Å²) in [6, 6.07) is 10.9. The highest BCUT2D eigenvalue weighted by atomic mass is 19.1. The zero-order valence-electron chi connectivity index (χ0n) is 9.26. The van der Waals surface area contributed by atoms with E-state index in [2.05, 4.69) is 0 Å². The Labute approximate surface area is 103 Å². The van der Waals surface area contributed by atoms with E-state index in [1.807, 2.05) is 0 Å². The Morgan fingerprint density at radius 1 is 0.889 bits per heavy atom. The third kappa shape index (κ3) is 2.43. The van der Waals surface area contributed by atoms with Gasteiger partial charge in [-0.2, -0.15) is 0 Å². The molecule has 90 valence electrons. The number of hydrogen-bond donors (Lipinski definition) is 1. The Bertz CT molecular complexity index is 620. The molecule has 0 aliphatic rings. The predicted octanol–water partition coefficient (Wildman–Crippen LogP) is 2.75. The molecule has 1 N–H and O–H groups in total. The fourth-order valence-corrected chi connectivity index (χ4v) is 1.59. The molecule has 0 heterocycles. The van der Waals surface area contributed by atoms with Gasteiger partial charge in [0.2, 0.25) is 0 Å². The number of carbonyl (C=O) groups is 2. The van der Waals surface area contributed by atoms with Gasteiger partial charge in [0.15, 0.2) is 5.78 Å². The largest absolute Gasteiger partial charge is 0.478 e. The number of carboxylic acids is 1. The van der Waals surface area contributed by atoms with Crippen molar-refractivity contribution in [2.45, 2.75) is 0 Å². The molecule has 2 rings (SSSR count). The van der Waals surface area contributed by atoms with E-state index in [-0.39, 0.29) is 16.7 Å². The van der Waals surface area contributed by atoms with Crippen LogP contribution in [0.1, 0.15) is 26.3 Å². The summed E-state index contributed by atoms with van der Waals surface area (Å²) >= 11 is 0. The molecule has 3 nitrogen and oxygen atoms in total. The van der Waals surface area contributed by atoms with Gasteiger partial charge < -0.3 is 5.11 Å². The second-order valence-electron chi connectivity index (χ2n) is 3.73. The zero-order chi connectivity index (χ0) is 13.1. The third-order valence-electron chi connectivity index (χ3n) is 2.46. The van der Waals surface area contributed by atoms with Gasteiger partial charge in [0.25, 0.3) is 0 Å². The minimum atomic E-state index is -1.11. The monoisotopic (exact) mass is 244 g/mol. The summed E-state index contributed by atoms with van der Waals surface area (Å²) in [5, 5.41) is 8.83. The van der Waals surface area contributed by atoms with E-state index in [0.717, 1.165) is 6.07 Å². The van der Waals surface area contributed by atoms with Gasteiger partial charge in [-0.3, -0.25) is 4.79 Å². The van der Waals surface area contributed by atoms with Crippen molar-refractivity contribution in [2.75, 3.05) is 0 Å². The van der Waals surface area contributed by atoms with Crippen LogP contribution in [0.15, 0.2) is 48.5 Å². The summed E-state index contributed by atoms with van der Waals surface area (Å²) in [6.45, 7) is 0. The van der Waals surface area contributed by atoms with Crippen LogP contribution in [0.3, 0.4) is 0 Å². The van der Waals surface area contributed by atoms with Gasteiger partial charge in [0, 0.05) is 11.1 Å². The minimum absolute atomic E-state index is 0.0252. The Kier molecular flexibility index (Phi) is 3.19. The first kappa shape index (κ1) is 12.0. The van der Waals surface area contributed by atoms with E-state index in [1.165, 1.54) is 42.5 Å². The second kappa shape index (κ2) is 4.79. The summed E-state index contributed by atoms with van der Waals surface area (Å²) in [5.41, 5.74) is 0.440. The van der Waals surface area contributed by atoms with Crippen LogP contribution in [0.25, 0.3) is 0 Å². The lowest BCUT2D eigenvalue weighted by molar-refractivity contribution is 0.0697. The molecule has 0 aliphatic heterocycles. The van der Waals surface area contributed by atoms with E-state index in [9.17, 15) is 14.0 Å². The summed E-state index contributed by atoms with van der Waals surface area (Å²) < 4.78 is 13.0. The van der Waals surface area contributed by atoms with Gasteiger partial charge in [-0.05, 0) is 24.3 Å². The molecule has 2 aromatic rings. The van der Waals surface area contributed by atoms with Crippen LogP contribution >= 0.6 is 0 Å². The maximum Gasteiger partial charge on any atom is 0.335 e. The number of aromatic carboxylic acids is 1. The Morgan fingerprint density at radius 3 is 2.06 bits per heavy atom. The van der Waals surface area contributed by atoms with Crippen LogP contribution in [0.5, 0.6) is 0 Å². The van der Waals surface area contributed by atoms with Crippen molar-refractivity contribution in [1.82, 2.24) is 0 Å². The maximum atomic E-state index is 13.0. The fraction of sp³-hybridized carbons (Fsp3) is 0. The molecule has 0 radical (unpaired) electrons. The van der Waals surface area contributed by atoms with Gasteiger partial charge >= 0.3 is 5.97 Å². The molecule has 18 heavy (non-hydrogen) atoms. The number of benzene rings is 2.